The predicted molar refractivity (Wildman–Crippen MR) is 87.9 cm³/mol. The number of carbonyl (C=O) groups excluding carboxylic acids is 1. The van der Waals surface area contributed by atoms with Gasteiger partial charge in [0.15, 0.2) is 0 Å². The number of hydrogen-bond donors (Lipinski definition) is 1. The fourth-order valence-electron chi connectivity index (χ4n) is 1.77. The third-order valence-electron chi connectivity index (χ3n) is 2.92. The number of rotatable bonds is 5. The zero-order valence-electron chi connectivity index (χ0n) is 11.8. The second-order valence-electron chi connectivity index (χ2n) is 4.41. The summed E-state index contributed by atoms with van der Waals surface area (Å²) in [4.78, 5) is 13.5. The van der Waals surface area contributed by atoms with E-state index in [1.165, 1.54) is 0 Å². The van der Waals surface area contributed by atoms with E-state index in [0.717, 1.165) is 15.9 Å². The van der Waals surface area contributed by atoms with Gasteiger partial charge in [-0.05, 0) is 40.2 Å². The summed E-state index contributed by atoms with van der Waals surface area (Å²) in [7, 11) is 1.74. The Morgan fingerprint density at radius 1 is 1.14 bits per heavy atom. The topological polar surface area (TPSA) is 41.6 Å². The van der Waals surface area contributed by atoms with Crippen LogP contribution in [0.1, 0.15) is 0 Å². The van der Waals surface area contributed by atoms with E-state index in [4.69, 9.17) is 4.74 Å². The summed E-state index contributed by atoms with van der Waals surface area (Å²) in [6, 6.07) is 16.9. The van der Waals surface area contributed by atoms with Crippen LogP contribution in [0, 0.1) is 0 Å². The van der Waals surface area contributed by atoms with Gasteiger partial charge in [-0.15, -0.1) is 0 Å². The van der Waals surface area contributed by atoms with Crippen molar-refractivity contribution in [3.63, 3.8) is 0 Å². The van der Waals surface area contributed by atoms with Crippen LogP contribution in [0.25, 0.3) is 0 Å². The Labute approximate surface area is 132 Å². The molecule has 0 saturated heterocycles. The Morgan fingerprint density at radius 2 is 1.81 bits per heavy atom. The van der Waals surface area contributed by atoms with Gasteiger partial charge in [-0.3, -0.25) is 4.90 Å². The SMILES string of the molecule is CN(C(=O)NCCOc1ccccc1Br)c1ccccc1. The molecule has 1 N–H and O–H groups in total. The number of nitrogens with zero attached hydrogens (tertiary/aromatic N) is 1. The summed E-state index contributed by atoms with van der Waals surface area (Å²) in [5.74, 6) is 0.767. The first-order valence-electron chi connectivity index (χ1n) is 6.62. The normalized spacial score (nSPS) is 10.0. The molecular formula is C16H17BrN2O2. The number of halogens is 1. The van der Waals surface area contributed by atoms with Crippen molar-refractivity contribution >= 4 is 27.6 Å². The first kappa shape index (κ1) is 15.4. The van der Waals surface area contributed by atoms with Crippen LogP contribution in [-0.2, 0) is 0 Å². The summed E-state index contributed by atoms with van der Waals surface area (Å²) in [5.41, 5.74) is 0.849. The maximum absolute atomic E-state index is 12.0. The first-order chi connectivity index (χ1) is 10.2. The number of carbonyl (C=O) groups is 1. The van der Waals surface area contributed by atoms with Gasteiger partial charge in [0.25, 0.3) is 0 Å². The van der Waals surface area contributed by atoms with Gasteiger partial charge in [0.05, 0.1) is 11.0 Å². The summed E-state index contributed by atoms with van der Waals surface area (Å²) in [6.45, 7) is 0.855. The van der Waals surface area contributed by atoms with Crippen molar-refractivity contribution < 1.29 is 9.53 Å². The van der Waals surface area contributed by atoms with Crippen LogP contribution < -0.4 is 15.0 Å². The molecule has 0 heterocycles. The quantitative estimate of drug-likeness (QED) is 0.837. The monoisotopic (exact) mass is 348 g/mol. The van der Waals surface area contributed by atoms with E-state index in [1.54, 1.807) is 11.9 Å². The Morgan fingerprint density at radius 3 is 2.52 bits per heavy atom. The fourth-order valence-corrected chi connectivity index (χ4v) is 2.17. The van der Waals surface area contributed by atoms with Crippen molar-refractivity contribution in [3.05, 3.63) is 59.1 Å². The molecule has 0 spiro atoms. The highest BCUT2D eigenvalue weighted by Crippen LogP contribution is 2.23. The molecule has 0 fully saturated rings. The van der Waals surface area contributed by atoms with Crippen LogP contribution >= 0.6 is 15.9 Å². The zero-order valence-corrected chi connectivity index (χ0v) is 13.3. The van der Waals surface area contributed by atoms with Gasteiger partial charge in [-0.25, -0.2) is 4.79 Å². The third-order valence-corrected chi connectivity index (χ3v) is 3.58. The van der Waals surface area contributed by atoms with Crippen molar-refractivity contribution in [1.29, 1.82) is 0 Å². The lowest BCUT2D eigenvalue weighted by atomic mass is 10.3. The third kappa shape index (κ3) is 4.49. The molecular weight excluding hydrogens is 332 g/mol. The van der Waals surface area contributed by atoms with E-state index in [2.05, 4.69) is 21.2 Å². The van der Waals surface area contributed by atoms with Gasteiger partial charge in [0.2, 0.25) is 0 Å². The van der Waals surface area contributed by atoms with Gasteiger partial charge in [0.1, 0.15) is 12.4 Å². The number of para-hydroxylation sites is 2. The van der Waals surface area contributed by atoms with Gasteiger partial charge in [0, 0.05) is 12.7 Å². The average Bonchev–Trinajstić information content (AvgIpc) is 2.53. The molecule has 2 amide bonds. The average molecular weight is 349 g/mol. The number of benzene rings is 2. The molecule has 110 valence electrons. The molecule has 0 bridgehead atoms. The maximum atomic E-state index is 12.0. The lowest BCUT2D eigenvalue weighted by molar-refractivity contribution is 0.243. The van der Waals surface area contributed by atoms with E-state index in [1.807, 2.05) is 54.6 Å². The van der Waals surface area contributed by atoms with Crippen LogP contribution in [0.3, 0.4) is 0 Å². The van der Waals surface area contributed by atoms with Crippen LogP contribution in [-0.4, -0.2) is 26.2 Å². The first-order valence-corrected chi connectivity index (χ1v) is 7.41. The number of anilines is 1. The lowest BCUT2D eigenvalue weighted by Crippen LogP contribution is -2.39. The predicted octanol–water partition coefficient (Wildman–Crippen LogP) is 3.67. The highest BCUT2D eigenvalue weighted by molar-refractivity contribution is 9.10. The highest BCUT2D eigenvalue weighted by atomic mass is 79.9. The molecule has 0 unspecified atom stereocenters. The Balaban J connectivity index is 1.76. The molecule has 0 atom stereocenters. The number of ether oxygens (including phenoxy) is 1. The van der Waals surface area contributed by atoms with Gasteiger partial charge in [-0.1, -0.05) is 30.3 Å². The van der Waals surface area contributed by atoms with Crippen molar-refractivity contribution in [1.82, 2.24) is 5.32 Å². The fraction of sp³-hybridized carbons (Fsp3) is 0.188. The molecule has 2 aromatic rings. The lowest BCUT2D eigenvalue weighted by Gasteiger charge is -2.18. The summed E-state index contributed by atoms with van der Waals surface area (Å²) in [6.07, 6.45) is 0. The standard InChI is InChI=1S/C16H17BrN2O2/c1-19(13-7-3-2-4-8-13)16(20)18-11-12-21-15-10-6-5-9-14(15)17/h2-10H,11-12H2,1H3,(H,18,20). The maximum Gasteiger partial charge on any atom is 0.321 e. The Hall–Kier alpha value is -2.01. The number of hydrogen-bond acceptors (Lipinski definition) is 2. The van der Waals surface area contributed by atoms with Crippen LogP contribution in [0.5, 0.6) is 5.75 Å². The number of nitrogens with one attached hydrogen (secondary N) is 1. The van der Waals surface area contributed by atoms with Crippen LogP contribution in [0.4, 0.5) is 10.5 Å². The zero-order chi connectivity index (χ0) is 15.1. The molecule has 0 aliphatic rings. The molecule has 0 aromatic heterocycles. The van der Waals surface area contributed by atoms with E-state index < -0.39 is 0 Å². The summed E-state index contributed by atoms with van der Waals surface area (Å²) < 4.78 is 6.49. The van der Waals surface area contributed by atoms with Gasteiger partial charge in [-0.2, -0.15) is 0 Å². The molecule has 0 radical (unpaired) electrons. The van der Waals surface area contributed by atoms with Crippen molar-refractivity contribution in [3.8, 4) is 5.75 Å². The molecule has 2 rings (SSSR count). The molecule has 0 aliphatic carbocycles. The molecule has 2 aromatic carbocycles. The summed E-state index contributed by atoms with van der Waals surface area (Å²) in [5, 5.41) is 2.82. The van der Waals surface area contributed by atoms with Crippen molar-refractivity contribution in [2.75, 3.05) is 25.1 Å². The minimum Gasteiger partial charge on any atom is -0.491 e. The van der Waals surface area contributed by atoms with Crippen LogP contribution in [0.15, 0.2) is 59.1 Å². The second-order valence-corrected chi connectivity index (χ2v) is 5.26. The Kier molecular flexibility index (Phi) is 5.63. The molecule has 4 nitrogen and oxygen atoms in total. The highest BCUT2D eigenvalue weighted by Gasteiger charge is 2.09. The minimum atomic E-state index is -0.156. The molecule has 0 aliphatic heterocycles. The smallest absolute Gasteiger partial charge is 0.321 e. The number of amides is 2. The van der Waals surface area contributed by atoms with E-state index >= 15 is 0 Å². The summed E-state index contributed by atoms with van der Waals surface area (Å²) >= 11 is 3.41. The van der Waals surface area contributed by atoms with Crippen LogP contribution in [0.2, 0.25) is 0 Å². The van der Waals surface area contributed by atoms with Crippen molar-refractivity contribution in [2.45, 2.75) is 0 Å². The Bertz CT molecular complexity index is 590. The van der Waals surface area contributed by atoms with E-state index in [9.17, 15) is 4.79 Å². The largest absolute Gasteiger partial charge is 0.491 e. The molecule has 5 heteroatoms. The van der Waals surface area contributed by atoms with E-state index in [0.29, 0.717) is 13.2 Å². The number of urea groups is 1. The van der Waals surface area contributed by atoms with E-state index in [-0.39, 0.29) is 6.03 Å². The van der Waals surface area contributed by atoms with Gasteiger partial charge >= 0.3 is 6.03 Å². The molecule has 0 saturated carbocycles. The van der Waals surface area contributed by atoms with Crippen molar-refractivity contribution in [2.24, 2.45) is 0 Å². The second kappa shape index (κ2) is 7.69. The minimum absolute atomic E-state index is 0.156. The molecule has 21 heavy (non-hydrogen) atoms. The van der Waals surface area contributed by atoms with Gasteiger partial charge < -0.3 is 10.1 Å².